The lowest BCUT2D eigenvalue weighted by molar-refractivity contribution is -0.138. The van der Waals surface area contributed by atoms with Gasteiger partial charge in [-0.05, 0) is 31.0 Å². The number of benzene rings is 1. The second-order valence-electron chi connectivity index (χ2n) is 5.26. The maximum Gasteiger partial charge on any atom is 0.418 e. The van der Waals surface area contributed by atoms with E-state index in [-0.39, 0.29) is 23.6 Å². The fourth-order valence-electron chi connectivity index (χ4n) is 2.90. The fourth-order valence-corrected chi connectivity index (χ4v) is 3.45. The first-order valence-corrected chi connectivity index (χ1v) is 7.63. The summed E-state index contributed by atoms with van der Waals surface area (Å²) in [6.07, 6.45) is -4.24. The maximum absolute atomic E-state index is 13.3. The number of rotatable bonds is 2. The number of hydrogen-bond acceptors (Lipinski definition) is 4. The third-order valence-corrected chi connectivity index (χ3v) is 4.48. The minimum absolute atomic E-state index is 0.0632. The highest BCUT2D eigenvalue weighted by molar-refractivity contribution is 7.07. The van der Waals surface area contributed by atoms with Crippen molar-refractivity contribution < 1.29 is 13.2 Å². The molecule has 0 fully saturated rings. The topological polar surface area (TPSA) is 39.9 Å². The lowest BCUT2D eigenvalue weighted by Crippen LogP contribution is -2.28. The predicted octanol–water partition coefficient (Wildman–Crippen LogP) is 3.98. The molecule has 0 bridgehead atoms. The zero-order valence-corrected chi connectivity index (χ0v) is 12.5. The molecule has 2 aromatic rings. The molecule has 3 rings (SSSR count). The summed E-state index contributed by atoms with van der Waals surface area (Å²) in [6.45, 7) is 2.36. The molecule has 0 saturated heterocycles. The number of anilines is 1. The SMILES string of the molecule is CC1Cc2c(ccc(C#N)c2C(F)(F)F)N1Cc1cscn1. The van der Waals surface area contributed by atoms with E-state index >= 15 is 0 Å². The van der Waals surface area contributed by atoms with Gasteiger partial charge in [0.05, 0.1) is 34.9 Å². The Hall–Kier alpha value is -2.07. The van der Waals surface area contributed by atoms with Crippen LogP contribution in [-0.4, -0.2) is 11.0 Å². The van der Waals surface area contributed by atoms with Gasteiger partial charge in [-0.1, -0.05) is 0 Å². The number of fused-ring (bicyclic) bond motifs is 1. The van der Waals surface area contributed by atoms with Crippen LogP contribution < -0.4 is 4.90 Å². The van der Waals surface area contributed by atoms with Crippen molar-refractivity contribution in [2.45, 2.75) is 32.1 Å². The van der Waals surface area contributed by atoms with E-state index in [0.717, 1.165) is 5.69 Å². The van der Waals surface area contributed by atoms with E-state index in [1.165, 1.54) is 17.4 Å². The summed E-state index contributed by atoms with van der Waals surface area (Å²) in [7, 11) is 0. The van der Waals surface area contributed by atoms with Crippen LogP contribution in [0.15, 0.2) is 23.0 Å². The van der Waals surface area contributed by atoms with Gasteiger partial charge >= 0.3 is 6.18 Å². The van der Waals surface area contributed by atoms with Gasteiger partial charge in [-0.2, -0.15) is 18.4 Å². The largest absolute Gasteiger partial charge is 0.418 e. The summed E-state index contributed by atoms with van der Waals surface area (Å²) in [5.41, 5.74) is 2.20. The van der Waals surface area contributed by atoms with E-state index in [1.54, 1.807) is 17.6 Å². The van der Waals surface area contributed by atoms with Gasteiger partial charge in [0.15, 0.2) is 0 Å². The number of thiazole rings is 1. The van der Waals surface area contributed by atoms with Crippen LogP contribution in [0.4, 0.5) is 18.9 Å². The van der Waals surface area contributed by atoms with E-state index in [2.05, 4.69) is 4.98 Å². The van der Waals surface area contributed by atoms with Crippen LogP contribution in [0.25, 0.3) is 0 Å². The molecule has 3 nitrogen and oxygen atoms in total. The molecule has 0 amide bonds. The van der Waals surface area contributed by atoms with Gasteiger partial charge in [-0.25, -0.2) is 4.98 Å². The smallest absolute Gasteiger partial charge is 0.362 e. The Bertz CT molecular complexity index is 732. The van der Waals surface area contributed by atoms with Crippen LogP contribution in [0, 0.1) is 11.3 Å². The van der Waals surface area contributed by atoms with Crippen LogP contribution in [0.5, 0.6) is 0 Å². The minimum atomic E-state index is -4.52. The van der Waals surface area contributed by atoms with Crippen LogP contribution in [0.3, 0.4) is 0 Å². The molecule has 0 radical (unpaired) electrons. The van der Waals surface area contributed by atoms with Gasteiger partial charge in [0, 0.05) is 17.1 Å². The van der Waals surface area contributed by atoms with Crippen LogP contribution >= 0.6 is 11.3 Å². The van der Waals surface area contributed by atoms with E-state index < -0.39 is 11.7 Å². The van der Waals surface area contributed by atoms with Crippen molar-refractivity contribution in [3.05, 3.63) is 45.4 Å². The molecule has 0 spiro atoms. The second-order valence-corrected chi connectivity index (χ2v) is 5.97. The molecule has 0 aliphatic carbocycles. The number of halogens is 3. The molecule has 1 aliphatic heterocycles. The molecule has 0 N–H and O–H groups in total. The zero-order chi connectivity index (χ0) is 15.9. The zero-order valence-electron chi connectivity index (χ0n) is 11.7. The van der Waals surface area contributed by atoms with Crippen molar-refractivity contribution in [2.75, 3.05) is 4.90 Å². The van der Waals surface area contributed by atoms with Gasteiger partial charge in [0.2, 0.25) is 0 Å². The standard InChI is InChI=1S/C15H12F3N3S/c1-9-4-12-13(21(9)6-11-7-22-8-20-11)3-2-10(5-19)14(12)15(16,17)18/h2-3,7-9H,4,6H2,1H3. The van der Waals surface area contributed by atoms with E-state index in [1.807, 2.05) is 17.2 Å². The third-order valence-electron chi connectivity index (χ3n) is 3.85. The first-order valence-electron chi connectivity index (χ1n) is 6.68. The number of aromatic nitrogens is 1. The van der Waals surface area contributed by atoms with Gasteiger partial charge < -0.3 is 4.90 Å². The van der Waals surface area contributed by atoms with Crippen molar-refractivity contribution >= 4 is 17.0 Å². The number of nitrogens with zero attached hydrogens (tertiary/aromatic N) is 3. The number of nitriles is 1. The minimum Gasteiger partial charge on any atom is -0.362 e. The monoisotopic (exact) mass is 323 g/mol. The van der Waals surface area contributed by atoms with Crippen LogP contribution in [0.1, 0.15) is 29.3 Å². The van der Waals surface area contributed by atoms with Gasteiger partial charge in [0.25, 0.3) is 0 Å². The lowest BCUT2D eigenvalue weighted by Gasteiger charge is -2.24. The van der Waals surface area contributed by atoms with E-state index in [0.29, 0.717) is 12.2 Å². The van der Waals surface area contributed by atoms with E-state index in [4.69, 9.17) is 5.26 Å². The molecule has 22 heavy (non-hydrogen) atoms. The average molecular weight is 323 g/mol. The Morgan fingerprint density at radius 1 is 1.45 bits per heavy atom. The summed E-state index contributed by atoms with van der Waals surface area (Å²) in [5, 5.41) is 10.9. The predicted molar refractivity (Wildman–Crippen MR) is 77.6 cm³/mol. The summed E-state index contributed by atoms with van der Waals surface area (Å²) in [4.78, 5) is 6.11. The summed E-state index contributed by atoms with van der Waals surface area (Å²) in [5.74, 6) is 0. The van der Waals surface area contributed by atoms with Crippen LogP contribution in [-0.2, 0) is 19.1 Å². The molecule has 1 aliphatic rings. The molecule has 0 saturated carbocycles. The second kappa shape index (κ2) is 5.29. The fraction of sp³-hybridized carbons (Fsp3) is 0.333. The van der Waals surface area contributed by atoms with E-state index in [9.17, 15) is 13.2 Å². The highest BCUT2D eigenvalue weighted by Gasteiger charge is 2.41. The average Bonchev–Trinajstić information content (AvgIpc) is 3.06. The molecule has 1 atom stereocenters. The summed E-state index contributed by atoms with van der Waals surface area (Å²) >= 11 is 1.46. The maximum atomic E-state index is 13.3. The molecule has 2 heterocycles. The molecule has 1 aromatic heterocycles. The highest BCUT2D eigenvalue weighted by Crippen LogP contribution is 2.43. The molecule has 114 valence electrons. The Morgan fingerprint density at radius 3 is 2.82 bits per heavy atom. The Kier molecular flexibility index (Phi) is 3.57. The Labute approximate surface area is 129 Å². The Morgan fingerprint density at radius 2 is 2.23 bits per heavy atom. The normalized spacial score (nSPS) is 17.4. The van der Waals surface area contributed by atoms with Gasteiger partial charge in [0.1, 0.15) is 0 Å². The molecule has 7 heteroatoms. The Balaban J connectivity index is 2.08. The molecule has 1 aromatic carbocycles. The molecule has 1 unspecified atom stereocenters. The van der Waals surface area contributed by atoms with Gasteiger partial charge in [-0.3, -0.25) is 0 Å². The van der Waals surface area contributed by atoms with Crippen molar-refractivity contribution in [2.24, 2.45) is 0 Å². The number of alkyl halides is 3. The molecular formula is C15H12F3N3S. The summed E-state index contributed by atoms with van der Waals surface area (Å²) in [6, 6.07) is 4.46. The van der Waals surface area contributed by atoms with Crippen molar-refractivity contribution in [1.29, 1.82) is 5.26 Å². The molecular weight excluding hydrogens is 311 g/mol. The first-order chi connectivity index (χ1) is 10.4. The number of hydrogen-bond donors (Lipinski definition) is 0. The van der Waals surface area contributed by atoms with Crippen molar-refractivity contribution in [3.8, 4) is 6.07 Å². The quantitative estimate of drug-likeness (QED) is 0.839. The van der Waals surface area contributed by atoms with Crippen LogP contribution in [0.2, 0.25) is 0 Å². The van der Waals surface area contributed by atoms with Gasteiger partial charge in [-0.15, -0.1) is 11.3 Å². The first kappa shape index (κ1) is 14.9. The van der Waals surface area contributed by atoms with Crippen molar-refractivity contribution in [3.63, 3.8) is 0 Å². The third kappa shape index (κ3) is 2.44. The van der Waals surface area contributed by atoms with Crippen molar-refractivity contribution in [1.82, 2.24) is 4.98 Å². The summed E-state index contributed by atoms with van der Waals surface area (Å²) < 4.78 is 40.0. The highest BCUT2D eigenvalue weighted by atomic mass is 32.1. The lowest BCUT2D eigenvalue weighted by atomic mass is 9.98.